The van der Waals surface area contributed by atoms with Crippen molar-refractivity contribution >= 4 is 35.2 Å². The number of hydrogen-bond acceptors (Lipinski definition) is 6. The van der Waals surface area contributed by atoms with Crippen LogP contribution in [0.2, 0.25) is 0 Å². The van der Waals surface area contributed by atoms with E-state index in [9.17, 15) is 0 Å². The molecule has 0 bridgehead atoms. The molecule has 0 saturated carbocycles. The Kier molecular flexibility index (Phi) is 5.75. The number of pyridine rings is 1. The van der Waals surface area contributed by atoms with Crippen LogP contribution in [0.25, 0.3) is 22.3 Å². The number of aromatic nitrogens is 5. The summed E-state index contributed by atoms with van der Waals surface area (Å²) in [6.07, 6.45) is 3.59. The van der Waals surface area contributed by atoms with Gasteiger partial charge in [-0.25, -0.2) is 9.97 Å². The number of rotatable bonds is 5. The third-order valence-electron chi connectivity index (χ3n) is 4.98. The van der Waals surface area contributed by atoms with Gasteiger partial charge in [-0.2, -0.15) is 5.10 Å². The molecule has 0 aliphatic carbocycles. The number of nitrogens with one attached hydrogen (secondary N) is 4. The molecule has 0 atom stereocenters. The number of halogens is 1. The predicted molar refractivity (Wildman–Crippen MR) is 117 cm³/mol. The normalized spacial score (nSPS) is 14.6. The Morgan fingerprint density at radius 2 is 1.93 bits per heavy atom. The summed E-state index contributed by atoms with van der Waals surface area (Å²) in [5.41, 5.74) is 5.16. The molecule has 0 radical (unpaired) electrons. The monoisotopic (exact) mass is 410 g/mol. The highest BCUT2D eigenvalue weighted by atomic mass is 35.5. The zero-order valence-electron chi connectivity index (χ0n) is 15.9. The van der Waals surface area contributed by atoms with Gasteiger partial charge < -0.3 is 15.6 Å². The van der Waals surface area contributed by atoms with Gasteiger partial charge >= 0.3 is 0 Å². The maximum absolute atomic E-state index is 4.62. The lowest BCUT2D eigenvalue weighted by molar-refractivity contribution is 0.233. The Balaban J connectivity index is 0.00000205. The van der Waals surface area contributed by atoms with Crippen molar-refractivity contribution in [1.82, 2.24) is 35.4 Å². The van der Waals surface area contributed by atoms with Gasteiger partial charge in [0.05, 0.1) is 16.7 Å². The number of H-pyrrole nitrogens is 2. The molecular formula is C20H23ClN8. The molecule has 8 nitrogen and oxygen atoms in total. The molecule has 9 heteroatoms. The molecule has 5 rings (SSSR count). The molecule has 0 amide bonds. The van der Waals surface area contributed by atoms with Crippen LogP contribution in [0.4, 0.5) is 11.8 Å². The van der Waals surface area contributed by atoms with E-state index in [1.54, 1.807) is 6.20 Å². The van der Waals surface area contributed by atoms with E-state index in [4.69, 9.17) is 0 Å². The van der Waals surface area contributed by atoms with Crippen molar-refractivity contribution in [2.45, 2.75) is 6.54 Å². The van der Waals surface area contributed by atoms with Crippen LogP contribution in [0.5, 0.6) is 0 Å². The predicted octanol–water partition coefficient (Wildman–Crippen LogP) is 2.92. The van der Waals surface area contributed by atoms with Gasteiger partial charge in [0, 0.05) is 50.7 Å². The van der Waals surface area contributed by atoms with Gasteiger partial charge in [0.15, 0.2) is 0 Å². The van der Waals surface area contributed by atoms with E-state index >= 15 is 0 Å². The first kappa shape index (κ1) is 19.4. The van der Waals surface area contributed by atoms with Crippen molar-refractivity contribution in [3.63, 3.8) is 0 Å². The second-order valence-corrected chi connectivity index (χ2v) is 6.99. The SMILES string of the molecule is Cl.c1cc(-c2ccc3nc(Nc4cc(CN5CCNCC5)ccn4)[nH]c3c2)[nH]n1. The summed E-state index contributed by atoms with van der Waals surface area (Å²) < 4.78 is 0. The lowest BCUT2D eigenvalue weighted by atomic mass is 10.1. The van der Waals surface area contributed by atoms with Crippen LogP contribution in [0, 0.1) is 0 Å². The minimum Gasteiger partial charge on any atom is -0.324 e. The highest BCUT2D eigenvalue weighted by molar-refractivity contribution is 5.85. The number of aromatic amines is 2. The standard InChI is InChI=1S/C20H22N8.ClH/c1-2-17-18(12-15(1)16-4-6-23-27-16)25-20(24-17)26-19-11-14(3-5-22-19)13-28-9-7-21-8-10-28;/h1-6,11-12,21H,7-10,13H2,(H,23,27)(H2,22,24,25,26);1H. The molecule has 1 aliphatic rings. The minimum absolute atomic E-state index is 0. The summed E-state index contributed by atoms with van der Waals surface area (Å²) in [6.45, 7) is 5.19. The fraction of sp³-hybridized carbons (Fsp3) is 0.250. The Bertz CT molecular complexity index is 1070. The molecule has 1 aliphatic heterocycles. The molecule has 29 heavy (non-hydrogen) atoms. The molecule has 1 aromatic carbocycles. The van der Waals surface area contributed by atoms with Gasteiger partial charge in [-0.15, -0.1) is 12.4 Å². The first-order valence-corrected chi connectivity index (χ1v) is 9.48. The fourth-order valence-corrected chi connectivity index (χ4v) is 3.54. The lowest BCUT2D eigenvalue weighted by Crippen LogP contribution is -2.42. The summed E-state index contributed by atoms with van der Waals surface area (Å²) in [4.78, 5) is 14.8. The summed E-state index contributed by atoms with van der Waals surface area (Å²) in [5, 5.41) is 13.7. The molecule has 4 heterocycles. The van der Waals surface area contributed by atoms with Crippen LogP contribution in [0.3, 0.4) is 0 Å². The van der Waals surface area contributed by atoms with E-state index in [0.29, 0.717) is 5.95 Å². The van der Waals surface area contributed by atoms with Gasteiger partial charge in [0.1, 0.15) is 5.82 Å². The number of fused-ring (bicyclic) bond motifs is 1. The topological polar surface area (TPSA) is 97.5 Å². The van der Waals surface area contributed by atoms with Crippen molar-refractivity contribution in [3.8, 4) is 11.3 Å². The highest BCUT2D eigenvalue weighted by Crippen LogP contribution is 2.23. The number of piperazine rings is 1. The quantitative estimate of drug-likeness (QED) is 0.404. The van der Waals surface area contributed by atoms with Gasteiger partial charge in [-0.3, -0.25) is 10.00 Å². The third-order valence-corrected chi connectivity index (χ3v) is 4.98. The molecule has 0 spiro atoms. The number of hydrogen-bond donors (Lipinski definition) is 4. The summed E-state index contributed by atoms with van der Waals surface area (Å²) in [7, 11) is 0. The average molecular weight is 411 g/mol. The molecule has 1 saturated heterocycles. The second-order valence-electron chi connectivity index (χ2n) is 6.99. The number of benzene rings is 1. The van der Waals surface area contributed by atoms with E-state index in [-0.39, 0.29) is 12.4 Å². The molecule has 0 unspecified atom stereocenters. The van der Waals surface area contributed by atoms with Crippen LogP contribution in [0.15, 0.2) is 48.8 Å². The molecule has 4 aromatic rings. The van der Waals surface area contributed by atoms with Gasteiger partial charge in [0.2, 0.25) is 5.95 Å². The Hall–Kier alpha value is -2.94. The maximum Gasteiger partial charge on any atom is 0.206 e. The molecule has 150 valence electrons. The van der Waals surface area contributed by atoms with Crippen molar-refractivity contribution in [3.05, 3.63) is 54.4 Å². The second kappa shape index (κ2) is 8.60. The van der Waals surface area contributed by atoms with E-state index < -0.39 is 0 Å². The van der Waals surface area contributed by atoms with Crippen LogP contribution < -0.4 is 10.6 Å². The van der Waals surface area contributed by atoms with E-state index in [1.165, 1.54) is 5.56 Å². The molecular weight excluding hydrogens is 388 g/mol. The largest absolute Gasteiger partial charge is 0.324 e. The maximum atomic E-state index is 4.62. The smallest absolute Gasteiger partial charge is 0.206 e. The molecule has 4 N–H and O–H groups in total. The summed E-state index contributed by atoms with van der Waals surface area (Å²) >= 11 is 0. The Labute approximate surface area is 174 Å². The van der Waals surface area contributed by atoms with Crippen molar-refractivity contribution in [2.24, 2.45) is 0 Å². The lowest BCUT2D eigenvalue weighted by Gasteiger charge is -2.27. The first-order valence-electron chi connectivity index (χ1n) is 9.48. The molecule has 3 aromatic heterocycles. The van der Waals surface area contributed by atoms with Crippen LogP contribution in [-0.4, -0.2) is 56.2 Å². The zero-order valence-corrected chi connectivity index (χ0v) is 16.7. The Morgan fingerprint density at radius 3 is 2.76 bits per heavy atom. The fourth-order valence-electron chi connectivity index (χ4n) is 3.54. The van der Waals surface area contributed by atoms with E-state index in [2.05, 4.69) is 58.9 Å². The van der Waals surface area contributed by atoms with Crippen LogP contribution >= 0.6 is 12.4 Å². The van der Waals surface area contributed by atoms with Crippen molar-refractivity contribution < 1.29 is 0 Å². The van der Waals surface area contributed by atoms with Crippen LogP contribution in [0.1, 0.15) is 5.56 Å². The number of nitrogens with zero attached hydrogens (tertiary/aromatic N) is 4. The summed E-state index contributed by atoms with van der Waals surface area (Å²) in [5.74, 6) is 1.48. The number of anilines is 2. The first-order chi connectivity index (χ1) is 13.8. The van der Waals surface area contributed by atoms with Crippen LogP contribution in [-0.2, 0) is 6.54 Å². The third kappa shape index (κ3) is 4.40. The van der Waals surface area contributed by atoms with E-state index in [1.807, 2.05) is 24.4 Å². The zero-order chi connectivity index (χ0) is 18.8. The molecule has 1 fully saturated rings. The highest BCUT2D eigenvalue weighted by Gasteiger charge is 2.11. The van der Waals surface area contributed by atoms with Crippen molar-refractivity contribution in [1.29, 1.82) is 0 Å². The van der Waals surface area contributed by atoms with E-state index in [0.717, 1.165) is 60.8 Å². The Morgan fingerprint density at radius 1 is 1.03 bits per heavy atom. The van der Waals surface area contributed by atoms with Gasteiger partial charge in [0.25, 0.3) is 0 Å². The average Bonchev–Trinajstić information content (AvgIpc) is 3.38. The summed E-state index contributed by atoms with van der Waals surface area (Å²) in [6, 6.07) is 12.2. The van der Waals surface area contributed by atoms with Gasteiger partial charge in [-0.05, 0) is 35.9 Å². The van der Waals surface area contributed by atoms with Gasteiger partial charge in [-0.1, -0.05) is 6.07 Å². The van der Waals surface area contributed by atoms with Crippen molar-refractivity contribution in [2.75, 3.05) is 31.5 Å². The number of imidazole rings is 1. The minimum atomic E-state index is 0.